The predicted molar refractivity (Wildman–Crippen MR) is 240 cm³/mol. The highest BCUT2D eigenvalue weighted by Crippen LogP contribution is 2.33. The number of amides is 5. The van der Waals surface area contributed by atoms with E-state index in [2.05, 4.69) is 10.3 Å². The van der Waals surface area contributed by atoms with Gasteiger partial charge >= 0.3 is 18.3 Å². The van der Waals surface area contributed by atoms with Gasteiger partial charge in [0.05, 0.1) is 27.9 Å². The van der Waals surface area contributed by atoms with Crippen LogP contribution in [0.25, 0.3) is 0 Å². The summed E-state index contributed by atoms with van der Waals surface area (Å²) in [5.41, 5.74) is 7.72. The number of carbonyl (C=O) groups is 5. The number of aliphatic imine (C=N–C) groups is 1. The van der Waals surface area contributed by atoms with Crippen LogP contribution in [0.5, 0.6) is 5.75 Å². The molecule has 0 spiro atoms. The molecule has 2 saturated heterocycles. The van der Waals surface area contributed by atoms with Crippen LogP contribution in [0.1, 0.15) is 28.7 Å². The molecule has 2 aliphatic heterocycles. The fourth-order valence-electron chi connectivity index (χ4n) is 6.83. The number of benzene rings is 4. The average Bonchev–Trinajstić information content (AvgIpc) is 3.76. The second kappa shape index (κ2) is 22.7. The minimum atomic E-state index is -1.28. The number of nitro benzene ring substituents is 3. The molecule has 3 N–H and O–H groups in total. The van der Waals surface area contributed by atoms with Gasteiger partial charge in [-0.3, -0.25) is 44.8 Å². The molecule has 68 heavy (non-hydrogen) atoms. The fourth-order valence-corrected chi connectivity index (χ4v) is 8.04. The van der Waals surface area contributed by atoms with Gasteiger partial charge in [-0.15, -0.1) is 4.99 Å². The van der Waals surface area contributed by atoms with Gasteiger partial charge in [-0.2, -0.15) is 11.8 Å². The predicted octanol–water partition coefficient (Wildman–Crippen LogP) is 5.05. The number of methoxy groups -OCH3 is 1. The van der Waals surface area contributed by atoms with Crippen LogP contribution in [-0.4, -0.2) is 116 Å². The van der Waals surface area contributed by atoms with Crippen molar-refractivity contribution in [3.63, 3.8) is 0 Å². The maximum absolute atomic E-state index is 14.0. The first kappa shape index (κ1) is 49.1. The second-order valence-electron chi connectivity index (χ2n) is 15.2. The number of nitrogens with two attached hydrogens (primary N) is 1. The van der Waals surface area contributed by atoms with Crippen molar-refractivity contribution in [2.45, 2.75) is 49.3 Å². The summed E-state index contributed by atoms with van der Waals surface area (Å²) in [6.07, 6.45) is -2.96. The Hall–Kier alpha value is -8.35. The minimum absolute atomic E-state index is 0.0273. The number of nitrogens with one attached hydrogen (secondary N) is 1. The number of thioether (sulfide) groups is 1. The molecule has 2 fully saturated rings. The first-order valence-electron chi connectivity index (χ1n) is 20.5. The van der Waals surface area contributed by atoms with Gasteiger partial charge in [-0.1, -0.05) is 12.1 Å². The lowest BCUT2D eigenvalue weighted by Crippen LogP contribution is -2.64. The maximum Gasteiger partial charge on any atom is 0.437 e. The number of nitro groups is 3. The molecule has 2 heterocycles. The van der Waals surface area contributed by atoms with Crippen molar-refractivity contribution in [1.29, 1.82) is 0 Å². The van der Waals surface area contributed by atoms with Crippen LogP contribution in [0.3, 0.4) is 0 Å². The highest BCUT2D eigenvalue weighted by atomic mass is 32.2. The molecule has 24 nitrogen and oxygen atoms in total. The monoisotopic (exact) mass is 957 g/mol. The Morgan fingerprint density at radius 2 is 1.21 bits per heavy atom. The summed E-state index contributed by atoms with van der Waals surface area (Å²) in [5.74, 6) is -0.703. The summed E-state index contributed by atoms with van der Waals surface area (Å²) in [4.78, 5) is 105. The molecule has 4 aromatic rings. The Bertz CT molecular complexity index is 2540. The van der Waals surface area contributed by atoms with Gasteiger partial charge in [0.2, 0.25) is 17.8 Å². The number of guanidine groups is 1. The van der Waals surface area contributed by atoms with Gasteiger partial charge in [0.1, 0.15) is 38.2 Å². The Balaban J connectivity index is 1.07. The first-order chi connectivity index (χ1) is 32.6. The van der Waals surface area contributed by atoms with E-state index >= 15 is 0 Å². The molecule has 5 amide bonds. The number of carbonyl (C=O) groups excluding carboxylic acids is 5. The molecule has 356 valence electrons. The number of ether oxygens (including phenoxy) is 4. The van der Waals surface area contributed by atoms with Crippen molar-refractivity contribution < 1.29 is 57.7 Å². The van der Waals surface area contributed by atoms with E-state index in [0.29, 0.717) is 39.5 Å². The molecule has 4 aromatic carbocycles. The first-order valence-corrected chi connectivity index (χ1v) is 21.5. The van der Waals surface area contributed by atoms with Crippen LogP contribution in [0, 0.1) is 30.3 Å². The van der Waals surface area contributed by atoms with E-state index in [0.717, 1.165) is 5.56 Å². The zero-order chi connectivity index (χ0) is 48.9. The van der Waals surface area contributed by atoms with E-state index in [4.69, 9.17) is 24.7 Å². The van der Waals surface area contributed by atoms with E-state index in [1.807, 2.05) is 24.3 Å². The summed E-state index contributed by atoms with van der Waals surface area (Å²) < 4.78 is 21.2. The van der Waals surface area contributed by atoms with Crippen LogP contribution in [-0.2, 0) is 49.4 Å². The number of likely N-dealkylation sites (tertiary alicyclic amines) is 2. The molecular weight excluding hydrogens is 915 g/mol. The largest absolute Gasteiger partial charge is 0.497 e. The van der Waals surface area contributed by atoms with Crippen LogP contribution >= 0.6 is 11.8 Å². The Morgan fingerprint density at radius 3 is 1.71 bits per heavy atom. The molecule has 0 aliphatic carbocycles. The van der Waals surface area contributed by atoms with Gasteiger partial charge in [0.15, 0.2) is 0 Å². The molecule has 0 aromatic heterocycles. The minimum Gasteiger partial charge on any atom is -0.497 e. The Kier molecular flexibility index (Phi) is 16.4. The lowest BCUT2D eigenvalue weighted by Gasteiger charge is -2.41. The van der Waals surface area contributed by atoms with Crippen molar-refractivity contribution in [3.05, 3.63) is 150 Å². The Labute approximate surface area is 390 Å². The molecule has 2 atom stereocenters. The third-order valence-electron chi connectivity index (χ3n) is 10.5. The van der Waals surface area contributed by atoms with E-state index < -0.39 is 76.1 Å². The molecule has 0 radical (unpaired) electrons. The quantitative estimate of drug-likeness (QED) is 0.0460. The molecular formula is C43H43N9O15S. The molecule has 0 saturated carbocycles. The maximum atomic E-state index is 14.0. The van der Waals surface area contributed by atoms with Gasteiger partial charge in [0.25, 0.3) is 17.1 Å². The van der Waals surface area contributed by atoms with Crippen LogP contribution in [0.4, 0.5) is 31.4 Å². The van der Waals surface area contributed by atoms with Gasteiger partial charge in [-0.25, -0.2) is 19.3 Å². The third kappa shape index (κ3) is 13.4. The summed E-state index contributed by atoms with van der Waals surface area (Å²) in [6.45, 7) is -1.57. The topological polar surface area (TPSA) is 312 Å². The number of non-ortho nitro benzene ring substituents is 3. The van der Waals surface area contributed by atoms with Gasteiger partial charge in [0, 0.05) is 67.0 Å². The van der Waals surface area contributed by atoms with Crippen LogP contribution in [0.15, 0.2) is 102 Å². The van der Waals surface area contributed by atoms with Gasteiger partial charge < -0.3 is 34.9 Å². The van der Waals surface area contributed by atoms with Crippen molar-refractivity contribution in [2.24, 2.45) is 10.7 Å². The molecule has 6 rings (SSSR count). The van der Waals surface area contributed by atoms with E-state index in [1.54, 1.807) is 18.9 Å². The van der Waals surface area contributed by atoms with E-state index in [9.17, 15) is 54.3 Å². The number of hydrogen-bond acceptors (Lipinski definition) is 16. The van der Waals surface area contributed by atoms with Crippen molar-refractivity contribution in [3.8, 4) is 5.75 Å². The number of nitrogens with zero attached hydrogens (tertiary/aromatic N) is 7. The van der Waals surface area contributed by atoms with E-state index in [-0.39, 0.29) is 55.2 Å². The lowest BCUT2D eigenvalue weighted by atomic mass is 10.1. The third-order valence-corrected chi connectivity index (χ3v) is 11.8. The smallest absolute Gasteiger partial charge is 0.437 e. The average molecular weight is 958 g/mol. The van der Waals surface area contributed by atoms with Crippen LogP contribution < -0.4 is 15.8 Å². The highest BCUT2D eigenvalue weighted by Gasteiger charge is 2.45. The highest BCUT2D eigenvalue weighted by molar-refractivity contribution is 7.99. The zero-order valence-electron chi connectivity index (χ0n) is 36.1. The standard InChI is InChI=1S/C43H43N9O15S/c1-64-35-16-8-30(9-17-35)26-68-36-18-37(48(21-36)42(56)66-24-28-4-12-33(13-5-28)51(60)61)39(54)47-19-31(20-47)45-38(53)22-49(43(57)67-25-29-6-14-34(15-7-29)52(62)63)40(44)46-41(55)65-23-27-2-10-32(11-3-27)50(58)59/h2-17,31,36-37H,18-26H2,1H3,(H,45,53)(H2,44,46,55)/t36-,37-/m0/s1. The summed E-state index contributed by atoms with van der Waals surface area (Å²) in [6, 6.07) is 21.7. The zero-order valence-corrected chi connectivity index (χ0v) is 36.9. The molecule has 0 bridgehead atoms. The molecule has 25 heteroatoms. The number of rotatable bonds is 17. The second-order valence-corrected chi connectivity index (χ2v) is 16.5. The van der Waals surface area contributed by atoms with Crippen molar-refractivity contribution in [1.82, 2.24) is 20.0 Å². The fraction of sp³-hybridized carbons (Fsp3) is 0.302. The number of hydrogen-bond donors (Lipinski definition) is 2. The SMILES string of the molecule is COc1ccc(CS[C@H]2C[C@@H](C(=O)N3CC(NC(=O)CN(C(=O)OCc4ccc([N+](=O)[O-])cc4)C(N)=NC(=O)OCc4ccc([N+](=O)[O-])cc4)C3)N(C(=O)OCc3ccc([N+](=O)[O-])cc3)C2)cc1. The van der Waals surface area contributed by atoms with Crippen molar-refractivity contribution in [2.75, 3.05) is 33.3 Å². The normalized spacial score (nSPS) is 15.6. The van der Waals surface area contributed by atoms with Crippen molar-refractivity contribution >= 4 is 64.9 Å². The Morgan fingerprint density at radius 1 is 0.721 bits per heavy atom. The van der Waals surface area contributed by atoms with Crippen LogP contribution in [0.2, 0.25) is 0 Å². The summed E-state index contributed by atoms with van der Waals surface area (Å²) in [7, 11) is 1.57. The molecule has 0 unspecified atom stereocenters. The lowest BCUT2D eigenvalue weighted by molar-refractivity contribution is -0.385. The van der Waals surface area contributed by atoms with E-state index in [1.165, 1.54) is 82.6 Å². The summed E-state index contributed by atoms with van der Waals surface area (Å²) >= 11 is 1.56. The molecule has 2 aliphatic rings. The summed E-state index contributed by atoms with van der Waals surface area (Å²) in [5, 5.41) is 35.6. The van der Waals surface area contributed by atoms with Gasteiger partial charge in [-0.05, 0) is 77.2 Å².